The van der Waals surface area contributed by atoms with Crippen LogP contribution in [0, 0.1) is 0 Å². The molecule has 1 aliphatic rings. The minimum absolute atomic E-state index is 0.494. The summed E-state index contributed by atoms with van der Waals surface area (Å²) in [5.74, 6) is 6.93. The highest BCUT2D eigenvalue weighted by Crippen LogP contribution is 2.35. The number of nitrogen functional groups attached to an aromatic ring is 1. The second-order valence-corrected chi connectivity index (χ2v) is 5.07. The molecule has 2 heterocycles. The van der Waals surface area contributed by atoms with Crippen molar-refractivity contribution in [2.24, 2.45) is 5.84 Å². The van der Waals surface area contributed by atoms with E-state index < -0.39 is 0 Å². The van der Waals surface area contributed by atoms with Crippen LogP contribution < -0.4 is 16.2 Å². The van der Waals surface area contributed by atoms with Crippen LogP contribution in [-0.4, -0.2) is 22.6 Å². The van der Waals surface area contributed by atoms with E-state index in [4.69, 9.17) is 5.84 Å². The summed E-state index contributed by atoms with van der Waals surface area (Å²) in [6.07, 6.45) is 2.52. The van der Waals surface area contributed by atoms with Gasteiger partial charge in [0.1, 0.15) is 10.6 Å². The van der Waals surface area contributed by atoms with Crippen molar-refractivity contribution in [3.05, 3.63) is 11.4 Å². The number of aromatic nitrogens is 2. The summed E-state index contributed by atoms with van der Waals surface area (Å²) < 4.78 is 0. The van der Waals surface area contributed by atoms with Gasteiger partial charge in [-0.15, -0.1) is 11.3 Å². The van der Waals surface area contributed by atoms with E-state index >= 15 is 0 Å². The van der Waals surface area contributed by atoms with Gasteiger partial charge in [0.15, 0.2) is 0 Å². The van der Waals surface area contributed by atoms with Crippen molar-refractivity contribution >= 4 is 33.3 Å². The molecule has 0 amide bonds. The van der Waals surface area contributed by atoms with Gasteiger partial charge in [0.2, 0.25) is 5.95 Å². The molecular weight excluding hydrogens is 234 g/mol. The van der Waals surface area contributed by atoms with Crippen LogP contribution in [0.15, 0.2) is 11.4 Å². The number of nitrogens with zero attached hydrogens (tertiary/aromatic N) is 3. The minimum Gasteiger partial charge on any atom is -0.353 e. The number of anilines is 2. The summed E-state index contributed by atoms with van der Waals surface area (Å²) in [5, 5.41) is 3.17. The smallest absolute Gasteiger partial charge is 0.240 e. The summed E-state index contributed by atoms with van der Waals surface area (Å²) in [6, 6.07) is 2.73. The summed E-state index contributed by atoms with van der Waals surface area (Å²) in [4.78, 5) is 12.2. The van der Waals surface area contributed by atoms with Gasteiger partial charge in [0.25, 0.3) is 0 Å². The first kappa shape index (κ1) is 10.7. The summed E-state index contributed by atoms with van der Waals surface area (Å²) in [6.45, 7) is 3.13. The molecule has 6 heteroatoms. The zero-order valence-corrected chi connectivity index (χ0v) is 10.5. The molecule has 0 atom stereocenters. The van der Waals surface area contributed by atoms with E-state index in [1.807, 2.05) is 5.38 Å². The standard InChI is InChI=1S/C11H15N5S/c1-2-16(7-3-4-7)9-8-5-6-17-10(8)14-11(13-9)15-12/h5-7H,2-4,12H2,1H3,(H,13,14,15). The van der Waals surface area contributed by atoms with Crippen LogP contribution in [0.5, 0.6) is 0 Å². The first-order valence-electron chi connectivity index (χ1n) is 5.82. The van der Waals surface area contributed by atoms with Crippen molar-refractivity contribution in [1.29, 1.82) is 0 Å². The van der Waals surface area contributed by atoms with Crippen LogP contribution in [0.3, 0.4) is 0 Å². The second-order valence-electron chi connectivity index (χ2n) is 4.17. The molecule has 0 radical (unpaired) electrons. The van der Waals surface area contributed by atoms with E-state index in [0.717, 1.165) is 22.6 Å². The van der Waals surface area contributed by atoms with Crippen molar-refractivity contribution in [3.63, 3.8) is 0 Å². The van der Waals surface area contributed by atoms with Gasteiger partial charge in [-0.05, 0) is 31.2 Å². The van der Waals surface area contributed by atoms with Gasteiger partial charge in [-0.1, -0.05) is 0 Å². The van der Waals surface area contributed by atoms with Gasteiger partial charge in [0, 0.05) is 12.6 Å². The Morgan fingerprint density at radius 3 is 3.00 bits per heavy atom. The van der Waals surface area contributed by atoms with Crippen LogP contribution in [0.1, 0.15) is 19.8 Å². The fourth-order valence-electron chi connectivity index (χ4n) is 2.09. The van der Waals surface area contributed by atoms with E-state index in [9.17, 15) is 0 Å². The molecule has 0 saturated heterocycles. The van der Waals surface area contributed by atoms with Crippen LogP contribution >= 0.6 is 11.3 Å². The van der Waals surface area contributed by atoms with Gasteiger partial charge >= 0.3 is 0 Å². The lowest BCUT2D eigenvalue weighted by molar-refractivity contribution is 0.812. The molecule has 1 aliphatic carbocycles. The quantitative estimate of drug-likeness (QED) is 0.640. The lowest BCUT2D eigenvalue weighted by Gasteiger charge is -2.22. The summed E-state index contributed by atoms with van der Waals surface area (Å²) >= 11 is 1.62. The molecular formula is C11H15N5S. The fraction of sp³-hybridized carbons (Fsp3) is 0.455. The topological polar surface area (TPSA) is 67.1 Å². The highest BCUT2D eigenvalue weighted by molar-refractivity contribution is 7.16. The molecule has 2 aromatic heterocycles. The largest absolute Gasteiger partial charge is 0.353 e. The molecule has 90 valence electrons. The van der Waals surface area contributed by atoms with E-state index in [-0.39, 0.29) is 0 Å². The van der Waals surface area contributed by atoms with Gasteiger partial charge in [-0.2, -0.15) is 4.98 Å². The molecule has 0 aromatic carbocycles. The Labute approximate surface area is 104 Å². The Balaban J connectivity index is 2.14. The molecule has 1 fully saturated rings. The molecule has 3 rings (SSSR count). The minimum atomic E-state index is 0.494. The third kappa shape index (κ3) is 1.83. The molecule has 0 unspecified atom stereocenters. The van der Waals surface area contributed by atoms with E-state index in [1.165, 1.54) is 12.8 Å². The number of hydrogen-bond donors (Lipinski definition) is 2. The maximum Gasteiger partial charge on any atom is 0.240 e. The average Bonchev–Trinajstić information content (AvgIpc) is 3.07. The maximum atomic E-state index is 5.42. The molecule has 17 heavy (non-hydrogen) atoms. The Bertz CT molecular complexity index is 534. The fourth-order valence-corrected chi connectivity index (χ4v) is 2.85. The van der Waals surface area contributed by atoms with Gasteiger partial charge in [-0.25, -0.2) is 10.8 Å². The summed E-state index contributed by atoms with van der Waals surface area (Å²) in [7, 11) is 0. The Kier molecular flexibility index (Phi) is 2.60. The van der Waals surface area contributed by atoms with E-state index in [0.29, 0.717) is 12.0 Å². The molecule has 2 aromatic rings. The first-order chi connectivity index (χ1) is 8.33. The summed E-state index contributed by atoms with van der Waals surface area (Å²) in [5.41, 5.74) is 2.55. The average molecular weight is 249 g/mol. The number of hydrazine groups is 1. The van der Waals surface area contributed by atoms with Crippen LogP contribution in [0.2, 0.25) is 0 Å². The zero-order valence-electron chi connectivity index (χ0n) is 9.68. The molecule has 0 bridgehead atoms. The van der Waals surface area contributed by atoms with Gasteiger partial charge in [-0.3, -0.25) is 5.43 Å². The van der Waals surface area contributed by atoms with Crippen molar-refractivity contribution in [1.82, 2.24) is 9.97 Å². The normalized spacial score (nSPS) is 15.2. The zero-order chi connectivity index (χ0) is 11.8. The molecule has 1 saturated carbocycles. The molecule has 3 N–H and O–H groups in total. The second kappa shape index (κ2) is 4.12. The third-order valence-corrected chi connectivity index (χ3v) is 3.84. The molecule has 0 spiro atoms. The lowest BCUT2D eigenvalue weighted by atomic mass is 10.3. The lowest BCUT2D eigenvalue weighted by Crippen LogP contribution is -2.27. The third-order valence-electron chi connectivity index (χ3n) is 3.03. The van der Waals surface area contributed by atoms with Crippen LogP contribution in [0.4, 0.5) is 11.8 Å². The number of nitrogens with one attached hydrogen (secondary N) is 1. The molecule has 5 nitrogen and oxygen atoms in total. The highest BCUT2D eigenvalue weighted by atomic mass is 32.1. The number of fused-ring (bicyclic) bond motifs is 1. The van der Waals surface area contributed by atoms with Crippen LogP contribution in [0.25, 0.3) is 10.2 Å². The van der Waals surface area contributed by atoms with E-state index in [1.54, 1.807) is 11.3 Å². The number of thiophene rings is 1. The van der Waals surface area contributed by atoms with Crippen molar-refractivity contribution in [2.75, 3.05) is 16.9 Å². The van der Waals surface area contributed by atoms with Crippen molar-refractivity contribution in [3.8, 4) is 0 Å². The van der Waals surface area contributed by atoms with E-state index in [2.05, 4.69) is 33.3 Å². The monoisotopic (exact) mass is 249 g/mol. The number of nitrogens with two attached hydrogens (primary N) is 1. The maximum absolute atomic E-state index is 5.42. The predicted octanol–water partition coefficient (Wildman–Crippen LogP) is 1.97. The van der Waals surface area contributed by atoms with Gasteiger partial charge < -0.3 is 4.90 Å². The highest BCUT2D eigenvalue weighted by Gasteiger charge is 2.30. The first-order valence-corrected chi connectivity index (χ1v) is 6.70. The Hall–Kier alpha value is -1.40. The van der Waals surface area contributed by atoms with Crippen molar-refractivity contribution in [2.45, 2.75) is 25.8 Å². The van der Waals surface area contributed by atoms with Crippen molar-refractivity contribution < 1.29 is 0 Å². The molecule has 0 aliphatic heterocycles. The Morgan fingerprint density at radius 1 is 1.53 bits per heavy atom. The van der Waals surface area contributed by atoms with Gasteiger partial charge in [0.05, 0.1) is 5.39 Å². The number of hydrogen-bond acceptors (Lipinski definition) is 6. The predicted molar refractivity (Wildman–Crippen MR) is 71.3 cm³/mol. The number of rotatable bonds is 4. The SMILES string of the molecule is CCN(c1nc(NN)nc2sccc12)C1CC1. The van der Waals surface area contributed by atoms with Crippen LogP contribution in [-0.2, 0) is 0 Å². The Morgan fingerprint density at radius 2 is 2.35 bits per heavy atom.